The molecule has 0 aromatic heterocycles. The maximum Gasteiger partial charge on any atom is 0.416 e. The summed E-state index contributed by atoms with van der Waals surface area (Å²) in [5.74, 6) is -0.318. The first kappa shape index (κ1) is 12.7. The van der Waals surface area contributed by atoms with E-state index in [1.54, 1.807) is 6.92 Å². The second-order valence-corrected chi connectivity index (χ2v) is 3.54. The first-order valence-electron chi connectivity index (χ1n) is 3.98. The molecule has 2 nitrogen and oxygen atoms in total. The standard InChI is InChI=1S/C8H15F3O2/c1-6(5-13-3)4-7(2,12)8(9,10)11/h6,12H,4-5H2,1-3H3. The molecule has 0 rings (SSSR count). The third kappa shape index (κ3) is 3.95. The fourth-order valence-corrected chi connectivity index (χ4v) is 1.14. The predicted octanol–water partition coefficient (Wildman–Crippen LogP) is 1.97. The number of methoxy groups -OCH3 is 1. The van der Waals surface area contributed by atoms with Crippen LogP contribution in [0.5, 0.6) is 0 Å². The molecule has 0 bridgehead atoms. The van der Waals surface area contributed by atoms with Gasteiger partial charge in [0.25, 0.3) is 0 Å². The van der Waals surface area contributed by atoms with Crippen molar-refractivity contribution in [2.24, 2.45) is 5.92 Å². The highest BCUT2D eigenvalue weighted by Crippen LogP contribution is 2.34. The van der Waals surface area contributed by atoms with Gasteiger partial charge in [0, 0.05) is 13.7 Å². The molecule has 0 spiro atoms. The van der Waals surface area contributed by atoms with Crippen LogP contribution < -0.4 is 0 Å². The lowest BCUT2D eigenvalue weighted by molar-refractivity contribution is -0.258. The molecule has 2 unspecified atom stereocenters. The van der Waals surface area contributed by atoms with Crippen molar-refractivity contribution in [2.75, 3.05) is 13.7 Å². The van der Waals surface area contributed by atoms with Gasteiger partial charge < -0.3 is 9.84 Å². The molecule has 0 aromatic carbocycles. The van der Waals surface area contributed by atoms with Crippen LogP contribution >= 0.6 is 0 Å². The van der Waals surface area contributed by atoms with E-state index in [4.69, 9.17) is 5.11 Å². The molecule has 0 fully saturated rings. The number of hydrogen-bond donors (Lipinski definition) is 1. The number of hydrogen-bond acceptors (Lipinski definition) is 2. The highest BCUT2D eigenvalue weighted by molar-refractivity contribution is 4.83. The van der Waals surface area contributed by atoms with E-state index in [0.29, 0.717) is 0 Å². The lowest BCUT2D eigenvalue weighted by Crippen LogP contribution is -2.43. The van der Waals surface area contributed by atoms with Gasteiger partial charge in [-0.25, -0.2) is 0 Å². The van der Waals surface area contributed by atoms with Crippen molar-refractivity contribution in [3.63, 3.8) is 0 Å². The van der Waals surface area contributed by atoms with E-state index >= 15 is 0 Å². The third-order valence-corrected chi connectivity index (χ3v) is 1.81. The van der Waals surface area contributed by atoms with Crippen LogP contribution in [0.2, 0.25) is 0 Å². The molecule has 1 N–H and O–H groups in total. The Morgan fingerprint density at radius 1 is 1.38 bits per heavy atom. The van der Waals surface area contributed by atoms with Crippen LogP contribution in [0, 0.1) is 5.92 Å². The van der Waals surface area contributed by atoms with Crippen molar-refractivity contribution in [1.29, 1.82) is 0 Å². The van der Waals surface area contributed by atoms with Crippen LogP contribution in [0.1, 0.15) is 20.3 Å². The monoisotopic (exact) mass is 200 g/mol. The summed E-state index contributed by atoms with van der Waals surface area (Å²) < 4.78 is 41.1. The Morgan fingerprint density at radius 2 is 1.85 bits per heavy atom. The Labute approximate surface area is 75.7 Å². The first-order valence-corrected chi connectivity index (χ1v) is 3.98. The van der Waals surface area contributed by atoms with Crippen molar-refractivity contribution < 1.29 is 23.0 Å². The molecule has 5 heteroatoms. The zero-order chi connectivity index (χ0) is 10.7. The summed E-state index contributed by atoms with van der Waals surface area (Å²) >= 11 is 0. The second kappa shape index (κ2) is 4.28. The fourth-order valence-electron chi connectivity index (χ4n) is 1.14. The SMILES string of the molecule is COCC(C)CC(C)(O)C(F)(F)F. The zero-order valence-electron chi connectivity index (χ0n) is 7.98. The highest BCUT2D eigenvalue weighted by Gasteiger charge is 2.50. The van der Waals surface area contributed by atoms with E-state index in [0.717, 1.165) is 6.92 Å². The smallest absolute Gasteiger partial charge is 0.384 e. The highest BCUT2D eigenvalue weighted by atomic mass is 19.4. The van der Waals surface area contributed by atoms with E-state index < -0.39 is 11.8 Å². The quantitative estimate of drug-likeness (QED) is 0.751. The Kier molecular flexibility index (Phi) is 4.19. The molecular formula is C8H15F3O2. The molecule has 0 saturated carbocycles. The van der Waals surface area contributed by atoms with Crippen LogP contribution in [0.15, 0.2) is 0 Å². The average molecular weight is 200 g/mol. The number of ether oxygens (including phenoxy) is 1. The molecule has 0 aromatic rings. The van der Waals surface area contributed by atoms with Gasteiger partial charge in [0.2, 0.25) is 0 Å². The van der Waals surface area contributed by atoms with Crippen molar-refractivity contribution >= 4 is 0 Å². The largest absolute Gasteiger partial charge is 0.416 e. The number of alkyl halides is 3. The third-order valence-electron chi connectivity index (χ3n) is 1.81. The topological polar surface area (TPSA) is 29.5 Å². The summed E-state index contributed by atoms with van der Waals surface area (Å²) in [7, 11) is 1.42. The zero-order valence-corrected chi connectivity index (χ0v) is 7.98. The minimum absolute atomic E-state index is 0.215. The molecule has 0 heterocycles. The maximum atomic E-state index is 12.1. The van der Waals surface area contributed by atoms with Gasteiger partial charge in [-0.3, -0.25) is 0 Å². The van der Waals surface area contributed by atoms with Gasteiger partial charge in [0.1, 0.15) is 0 Å². The molecular weight excluding hydrogens is 185 g/mol. The fraction of sp³-hybridized carbons (Fsp3) is 1.00. The van der Waals surface area contributed by atoms with Gasteiger partial charge in [-0.1, -0.05) is 6.92 Å². The molecule has 80 valence electrons. The van der Waals surface area contributed by atoms with Crippen LogP contribution in [0.3, 0.4) is 0 Å². The van der Waals surface area contributed by atoms with Gasteiger partial charge in [-0.15, -0.1) is 0 Å². The average Bonchev–Trinajstić information content (AvgIpc) is 1.83. The summed E-state index contributed by atoms with van der Waals surface area (Å²) in [4.78, 5) is 0. The van der Waals surface area contributed by atoms with E-state index in [-0.39, 0.29) is 18.9 Å². The maximum absolute atomic E-state index is 12.1. The number of aliphatic hydroxyl groups is 1. The van der Waals surface area contributed by atoms with E-state index in [1.165, 1.54) is 7.11 Å². The predicted molar refractivity (Wildman–Crippen MR) is 42.3 cm³/mol. The van der Waals surface area contributed by atoms with Gasteiger partial charge in [-0.2, -0.15) is 13.2 Å². The molecule has 2 atom stereocenters. The van der Waals surface area contributed by atoms with E-state index in [9.17, 15) is 13.2 Å². The minimum Gasteiger partial charge on any atom is -0.384 e. The summed E-state index contributed by atoms with van der Waals surface area (Å²) in [5, 5.41) is 9.07. The Balaban J connectivity index is 4.17. The molecule has 0 amide bonds. The lowest BCUT2D eigenvalue weighted by Gasteiger charge is -2.28. The van der Waals surface area contributed by atoms with Crippen molar-refractivity contribution in [3.8, 4) is 0 Å². The van der Waals surface area contributed by atoms with Crippen LogP contribution in [0.25, 0.3) is 0 Å². The Hall–Kier alpha value is -0.290. The van der Waals surface area contributed by atoms with Gasteiger partial charge in [0.15, 0.2) is 5.60 Å². The molecule has 0 radical (unpaired) electrons. The van der Waals surface area contributed by atoms with Gasteiger partial charge >= 0.3 is 6.18 Å². The van der Waals surface area contributed by atoms with Crippen LogP contribution in [-0.2, 0) is 4.74 Å². The van der Waals surface area contributed by atoms with Crippen molar-refractivity contribution in [1.82, 2.24) is 0 Å². The van der Waals surface area contributed by atoms with Crippen molar-refractivity contribution in [3.05, 3.63) is 0 Å². The lowest BCUT2D eigenvalue weighted by atomic mass is 9.93. The minimum atomic E-state index is -4.57. The normalized spacial score (nSPS) is 19.6. The summed E-state index contributed by atoms with van der Waals surface area (Å²) in [6, 6.07) is 0. The van der Waals surface area contributed by atoms with E-state index in [2.05, 4.69) is 4.74 Å². The summed E-state index contributed by atoms with van der Waals surface area (Å²) in [5.41, 5.74) is -2.62. The van der Waals surface area contributed by atoms with Crippen LogP contribution in [0.4, 0.5) is 13.2 Å². The van der Waals surface area contributed by atoms with Crippen molar-refractivity contribution in [2.45, 2.75) is 32.0 Å². The van der Waals surface area contributed by atoms with E-state index in [1.807, 2.05) is 0 Å². The first-order chi connectivity index (χ1) is 5.70. The number of halogens is 3. The number of rotatable bonds is 4. The molecule has 0 aliphatic heterocycles. The van der Waals surface area contributed by atoms with Gasteiger partial charge in [-0.05, 0) is 19.3 Å². The Morgan fingerprint density at radius 3 is 2.15 bits per heavy atom. The van der Waals surface area contributed by atoms with Crippen LogP contribution in [-0.4, -0.2) is 30.6 Å². The van der Waals surface area contributed by atoms with Gasteiger partial charge in [0.05, 0.1) is 0 Å². The molecule has 13 heavy (non-hydrogen) atoms. The molecule has 0 saturated heterocycles. The summed E-state index contributed by atoms with van der Waals surface area (Å²) in [6.07, 6.45) is -4.92. The molecule has 0 aliphatic carbocycles. The summed E-state index contributed by atoms with van der Waals surface area (Å²) in [6.45, 7) is 2.59. The second-order valence-electron chi connectivity index (χ2n) is 3.54. The molecule has 0 aliphatic rings. The Bertz CT molecular complexity index is 154.